The maximum Gasteiger partial charge on any atom is 0.240 e. The van der Waals surface area contributed by atoms with Crippen LogP contribution in [0, 0.1) is 5.92 Å². The van der Waals surface area contributed by atoms with Gasteiger partial charge in [-0.2, -0.15) is 0 Å². The molecule has 1 atom stereocenters. The Hall–Kier alpha value is -2.38. The molecule has 1 aliphatic carbocycles. The second-order valence-corrected chi connectivity index (χ2v) is 8.44. The summed E-state index contributed by atoms with van der Waals surface area (Å²) in [7, 11) is -3.48. The molecule has 2 aromatic rings. The summed E-state index contributed by atoms with van der Waals surface area (Å²) >= 11 is 0. The van der Waals surface area contributed by atoms with Crippen molar-refractivity contribution >= 4 is 21.6 Å². The fourth-order valence-electron chi connectivity index (χ4n) is 2.95. The third-order valence-corrected chi connectivity index (χ3v) is 6.12. The normalized spacial score (nSPS) is 19.3. The fraction of sp³-hybridized carbons (Fsp3) is 0.316. The zero-order chi connectivity index (χ0) is 18.1. The SMILES string of the molecule is O=C(Nc1ccc(S(=O)(=O)NC2CC2)cc1)[C@H]1COc2ccccc2C1. The van der Waals surface area contributed by atoms with Gasteiger partial charge in [-0.05, 0) is 55.2 Å². The fourth-order valence-corrected chi connectivity index (χ4v) is 4.25. The molecule has 2 aromatic carbocycles. The van der Waals surface area contributed by atoms with Gasteiger partial charge in [0.15, 0.2) is 0 Å². The minimum absolute atomic E-state index is 0.0635. The molecule has 6 nitrogen and oxygen atoms in total. The highest BCUT2D eigenvalue weighted by Crippen LogP contribution is 2.28. The summed E-state index contributed by atoms with van der Waals surface area (Å²) in [6, 6.07) is 14.0. The smallest absolute Gasteiger partial charge is 0.240 e. The number of nitrogens with one attached hydrogen (secondary N) is 2. The summed E-state index contributed by atoms with van der Waals surface area (Å²) < 4.78 is 32.6. The quantitative estimate of drug-likeness (QED) is 0.844. The van der Waals surface area contributed by atoms with Gasteiger partial charge in [-0.3, -0.25) is 4.79 Å². The number of anilines is 1. The summed E-state index contributed by atoms with van der Waals surface area (Å²) in [5.41, 5.74) is 1.59. The van der Waals surface area contributed by atoms with Crippen molar-refractivity contribution in [2.75, 3.05) is 11.9 Å². The molecule has 1 heterocycles. The molecule has 0 radical (unpaired) electrons. The van der Waals surface area contributed by atoms with E-state index in [1.54, 1.807) is 12.1 Å². The molecule has 1 saturated carbocycles. The van der Waals surface area contributed by atoms with Crippen molar-refractivity contribution in [2.45, 2.75) is 30.2 Å². The predicted molar refractivity (Wildman–Crippen MR) is 97.5 cm³/mol. The molecule has 1 amide bonds. The Kier molecular flexibility index (Phi) is 4.42. The Morgan fingerprint density at radius 2 is 1.77 bits per heavy atom. The Balaban J connectivity index is 1.40. The minimum atomic E-state index is -3.48. The van der Waals surface area contributed by atoms with Crippen LogP contribution in [-0.4, -0.2) is 27.0 Å². The summed E-state index contributed by atoms with van der Waals surface area (Å²) in [5, 5.41) is 2.84. The monoisotopic (exact) mass is 372 g/mol. The third-order valence-electron chi connectivity index (χ3n) is 4.58. The highest BCUT2D eigenvalue weighted by molar-refractivity contribution is 7.89. The van der Waals surface area contributed by atoms with E-state index in [2.05, 4.69) is 10.0 Å². The maximum absolute atomic E-state index is 12.5. The van der Waals surface area contributed by atoms with Gasteiger partial charge in [-0.15, -0.1) is 0 Å². The van der Waals surface area contributed by atoms with Crippen molar-refractivity contribution in [3.05, 3.63) is 54.1 Å². The first-order valence-electron chi connectivity index (χ1n) is 8.65. The molecule has 1 aliphatic heterocycles. The molecule has 2 aliphatic rings. The lowest BCUT2D eigenvalue weighted by molar-refractivity contribution is -0.121. The van der Waals surface area contributed by atoms with Crippen molar-refractivity contribution in [3.8, 4) is 5.75 Å². The number of hydrogen-bond donors (Lipinski definition) is 2. The standard InChI is InChI=1S/C19H20N2O4S/c22-19(14-11-13-3-1-2-4-18(13)25-12-14)20-15-7-9-17(10-8-15)26(23,24)21-16-5-6-16/h1-4,7-10,14,16,21H,5-6,11-12H2,(H,20,22)/t14-/m1/s1. The first-order valence-corrected chi connectivity index (χ1v) is 10.1. The second-order valence-electron chi connectivity index (χ2n) is 6.73. The number of sulfonamides is 1. The van der Waals surface area contributed by atoms with Gasteiger partial charge in [-0.25, -0.2) is 13.1 Å². The van der Waals surface area contributed by atoms with Crippen molar-refractivity contribution in [2.24, 2.45) is 5.92 Å². The van der Waals surface area contributed by atoms with Gasteiger partial charge >= 0.3 is 0 Å². The molecule has 2 N–H and O–H groups in total. The van der Waals surface area contributed by atoms with E-state index in [-0.39, 0.29) is 22.8 Å². The first kappa shape index (κ1) is 17.1. The van der Waals surface area contributed by atoms with Gasteiger partial charge in [0.05, 0.1) is 10.8 Å². The van der Waals surface area contributed by atoms with Gasteiger partial charge in [0.25, 0.3) is 0 Å². The lowest BCUT2D eigenvalue weighted by Gasteiger charge is -2.24. The van der Waals surface area contributed by atoms with Crippen molar-refractivity contribution in [3.63, 3.8) is 0 Å². The maximum atomic E-state index is 12.5. The average molecular weight is 372 g/mol. The Morgan fingerprint density at radius 3 is 2.50 bits per heavy atom. The van der Waals surface area contributed by atoms with E-state index in [9.17, 15) is 13.2 Å². The summed E-state index contributed by atoms with van der Waals surface area (Å²) in [5.74, 6) is 0.422. The molecule has 0 saturated heterocycles. The lowest BCUT2D eigenvalue weighted by Crippen LogP contribution is -2.32. The van der Waals surface area contributed by atoms with Gasteiger partial charge in [0.1, 0.15) is 12.4 Å². The van der Waals surface area contributed by atoms with Crippen LogP contribution in [-0.2, 0) is 21.2 Å². The number of amides is 1. The summed E-state index contributed by atoms with van der Waals surface area (Å²) in [6.07, 6.45) is 2.40. The van der Waals surface area contributed by atoms with Gasteiger partial charge in [0.2, 0.25) is 15.9 Å². The zero-order valence-electron chi connectivity index (χ0n) is 14.1. The molecule has 1 fully saturated rings. The summed E-state index contributed by atoms with van der Waals surface area (Å²) in [4.78, 5) is 12.7. The van der Waals surface area contributed by atoms with Crippen molar-refractivity contribution < 1.29 is 17.9 Å². The van der Waals surface area contributed by atoms with Crippen LogP contribution in [0.15, 0.2) is 53.4 Å². The molecule has 0 unspecified atom stereocenters. The Labute approximate surface area is 152 Å². The number of fused-ring (bicyclic) bond motifs is 1. The van der Waals surface area contributed by atoms with Crippen LogP contribution in [0.4, 0.5) is 5.69 Å². The number of ether oxygens (including phenoxy) is 1. The number of para-hydroxylation sites is 1. The third kappa shape index (κ3) is 3.73. The number of carbonyl (C=O) groups is 1. The van der Waals surface area contributed by atoms with Crippen molar-refractivity contribution in [1.82, 2.24) is 4.72 Å². The van der Waals surface area contributed by atoms with Crippen LogP contribution < -0.4 is 14.8 Å². The van der Waals surface area contributed by atoms with E-state index in [1.165, 1.54) is 12.1 Å². The van der Waals surface area contributed by atoms with Crippen LogP contribution in [0.2, 0.25) is 0 Å². The van der Waals surface area contributed by atoms with Gasteiger partial charge in [0, 0.05) is 11.7 Å². The van der Waals surface area contributed by atoms with Crippen LogP contribution >= 0.6 is 0 Å². The Morgan fingerprint density at radius 1 is 1.04 bits per heavy atom. The van der Waals surface area contributed by atoms with Crippen LogP contribution in [0.5, 0.6) is 5.75 Å². The molecule has 26 heavy (non-hydrogen) atoms. The number of carbonyl (C=O) groups excluding carboxylic acids is 1. The first-order chi connectivity index (χ1) is 12.5. The van der Waals surface area contributed by atoms with Crippen LogP contribution in [0.3, 0.4) is 0 Å². The molecule has 0 bridgehead atoms. The molecule has 4 rings (SSSR count). The number of benzene rings is 2. The van der Waals surface area contributed by atoms with E-state index in [4.69, 9.17) is 4.74 Å². The minimum Gasteiger partial charge on any atom is -0.492 e. The highest BCUT2D eigenvalue weighted by Gasteiger charge is 2.28. The Bertz CT molecular complexity index is 921. The molecule has 0 aromatic heterocycles. The van der Waals surface area contributed by atoms with E-state index in [0.29, 0.717) is 18.7 Å². The molecule has 0 spiro atoms. The zero-order valence-corrected chi connectivity index (χ0v) is 15.0. The van der Waals surface area contributed by atoms with Gasteiger partial charge in [-0.1, -0.05) is 18.2 Å². The lowest BCUT2D eigenvalue weighted by atomic mass is 9.96. The van der Waals surface area contributed by atoms with Crippen LogP contribution in [0.25, 0.3) is 0 Å². The van der Waals surface area contributed by atoms with E-state index in [1.807, 2.05) is 24.3 Å². The largest absolute Gasteiger partial charge is 0.492 e. The van der Waals surface area contributed by atoms with Crippen LogP contribution in [0.1, 0.15) is 18.4 Å². The highest BCUT2D eigenvalue weighted by atomic mass is 32.2. The average Bonchev–Trinajstić information content (AvgIpc) is 3.45. The molecule has 136 valence electrons. The van der Waals surface area contributed by atoms with Gasteiger partial charge < -0.3 is 10.1 Å². The summed E-state index contributed by atoms with van der Waals surface area (Å²) in [6.45, 7) is 0.334. The second kappa shape index (κ2) is 6.74. The van der Waals surface area contributed by atoms with E-state index in [0.717, 1.165) is 24.2 Å². The number of hydrogen-bond acceptors (Lipinski definition) is 4. The number of rotatable bonds is 5. The molecular weight excluding hydrogens is 352 g/mol. The van der Waals surface area contributed by atoms with E-state index >= 15 is 0 Å². The molecular formula is C19H20N2O4S. The predicted octanol–water partition coefficient (Wildman–Crippen LogP) is 2.32. The van der Waals surface area contributed by atoms with Crippen molar-refractivity contribution in [1.29, 1.82) is 0 Å². The van der Waals surface area contributed by atoms with E-state index < -0.39 is 10.0 Å². The topological polar surface area (TPSA) is 84.5 Å². The molecule has 7 heteroatoms.